The van der Waals surface area contributed by atoms with E-state index >= 15 is 0 Å². The van der Waals surface area contributed by atoms with Gasteiger partial charge in [-0.2, -0.15) is 0 Å². The maximum Gasteiger partial charge on any atom is 0.527 e. The first-order valence-electron chi connectivity index (χ1n) is 1.75. The van der Waals surface area contributed by atoms with E-state index in [9.17, 15) is 9.36 Å². The fraction of sp³-hybridized carbons (Fsp3) is 0. The molecule has 0 atom stereocenters. The van der Waals surface area contributed by atoms with Crippen LogP contribution in [0.4, 0.5) is 0 Å². The van der Waals surface area contributed by atoms with Crippen LogP contribution in [0.15, 0.2) is 0 Å². The Kier molecular flexibility index (Phi) is 2.51. The summed E-state index contributed by atoms with van der Waals surface area (Å²) in [6, 6.07) is 0. The van der Waals surface area contributed by atoms with Crippen LogP contribution < -0.4 is 0 Å². The number of nitrogens with one attached hydrogen (secondary N) is 1. The van der Waals surface area contributed by atoms with Crippen molar-refractivity contribution in [3.63, 3.8) is 0 Å². The Balaban J connectivity index is 3.89. The van der Waals surface area contributed by atoms with Gasteiger partial charge in [0.2, 0.25) is 0 Å². The van der Waals surface area contributed by atoms with Gasteiger partial charge in [0.05, 0.1) is 0 Å². The Labute approximate surface area is 50.2 Å². The summed E-state index contributed by atoms with van der Waals surface area (Å²) in [6.07, 6.45) is 0.166. The van der Waals surface area contributed by atoms with E-state index in [1.807, 2.05) is 0 Å². The van der Waals surface area contributed by atoms with Gasteiger partial charge < -0.3 is 9.93 Å². The van der Waals surface area contributed by atoms with Gasteiger partial charge in [-0.3, -0.25) is 9.79 Å². The zero-order valence-electron chi connectivity index (χ0n) is 4.14. The molecule has 0 aliphatic rings. The molecule has 9 heavy (non-hydrogen) atoms. The lowest BCUT2D eigenvalue weighted by Crippen LogP contribution is -2.01. The standard InChI is InChI=1S/C2H4NO5P/c3-1-2(4)8-9(5,6)7/h1,3H,(H2,5,6,7). The maximum absolute atomic E-state index is 9.87. The van der Waals surface area contributed by atoms with Crippen LogP contribution in [0, 0.1) is 5.41 Å². The zero-order valence-corrected chi connectivity index (χ0v) is 5.04. The van der Waals surface area contributed by atoms with Crippen molar-refractivity contribution >= 4 is 20.0 Å². The number of phosphoric ester groups is 1. The molecule has 0 saturated carbocycles. The lowest BCUT2D eigenvalue weighted by Gasteiger charge is -1.98. The van der Waals surface area contributed by atoms with Crippen molar-refractivity contribution in [1.82, 2.24) is 0 Å². The van der Waals surface area contributed by atoms with Gasteiger partial charge in [-0.25, -0.2) is 9.36 Å². The van der Waals surface area contributed by atoms with Gasteiger partial charge in [0.15, 0.2) is 0 Å². The largest absolute Gasteiger partial charge is 0.527 e. The van der Waals surface area contributed by atoms with E-state index in [1.165, 1.54) is 0 Å². The van der Waals surface area contributed by atoms with Crippen LogP contribution in [0.5, 0.6) is 0 Å². The number of phosphoric acid groups is 1. The van der Waals surface area contributed by atoms with E-state index in [0.29, 0.717) is 0 Å². The molecule has 7 heteroatoms. The fourth-order valence-corrected chi connectivity index (χ4v) is 0.431. The lowest BCUT2D eigenvalue weighted by molar-refractivity contribution is -0.127. The van der Waals surface area contributed by atoms with E-state index in [0.717, 1.165) is 0 Å². The van der Waals surface area contributed by atoms with E-state index in [4.69, 9.17) is 15.2 Å². The summed E-state index contributed by atoms with van der Waals surface area (Å²) in [7, 11) is -4.74. The predicted molar refractivity (Wildman–Crippen MR) is 26.9 cm³/mol. The highest BCUT2D eigenvalue weighted by molar-refractivity contribution is 7.47. The molecule has 0 saturated heterocycles. The molecule has 6 nitrogen and oxygen atoms in total. The Hall–Kier alpha value is -0.710. The van der Waals surface area contributed by atoms with Gasteiger partial charge in [0.1, 0.15) is 6.21 Å². The Bertz CT molecular complexity index is 170. The van der Waals surface area contributed by atoms with Gasteiger partial charge in [0, 0.05) is 0 Å². The van der Waals surface area contributed by atoms with Crippen LogP contribution in [0.3, 0.4) is 0 Å². The van der Waals surface area contributed by atoms with Crippen molar-refractivity contribution in [2.75, 3.05) is 0 Å². The molecular formula is C2H4NO5P. The Morgan fingerprint density at radius 1 is 1.67 bits per heavy atom. The Morgan fingerprint density at radius 3 is 2.22 bits per heavy atom. The van der Waals surface area contributed by atoms with E-state index in [1.54, 1.807) is 0 Å². The number of carbonyl (C=O) groups is 1. The molecule has 0 rings (SSSR count). The SMILES string of the molecule is N=CC(=O)OP(=O)(O)O. The molecule has 0 unspecified atom stereocenters. The summed E-state index contributed by atoms with van der Waals surface area (Å²) in [5.74, 6) is -1.36. The number of hydrogen-bond acceptors (Lipinski definition) is 4. The van der Waals surface area contributed by atoms with Gasteiger partial charge >= 0.3 is 13.8 Å². The monoisotopic (exact) mass is 153 g/mol. The molecule has 0 heterocycles. The van der Waals surface area contributed by atoms with Gasteiger partial charge in [-0.15, -0.1) is 0 Å². The first kappa shape index (κ1) is 8.29. The second-order valence-corrected chi connectivity index (χ2v) is 2.21. The van der Waals surface area contributed by atoms with Gasteiger partial charge in [-0.05, 0) is 0 Å². The van der Waals surface area contributed by atoms with E-state index in [-0.39, 0.29) is 6.21 Å². The average molecular weight is 153 g/mol. The minimum absolute atomic E-state index is 0.166. The van der Waals surface area contributed by atoms with E-state index < -0.39 is 13.8 Å². The first-order valence-corrected chi connectivity index (χ1v) is 3.28. The summed E-state index contributed by atoms with van der Waals surface area (Å²) in [5, 5.41) is 6.15. The third-order valence-corrected chi connectivity index (χ3v) is 0.745. The second kappa shape index (κ2) is 2.72. The highest BCUT2D eigenvalue weighted by Gasteiger charge is 2.17. The smallest absolute Gasteiger partial charge is 0.366 e. The third-order valence-electron chi connectivity index (χ3n) is 0.327. The number of carbonyl (C=O) groups excluding carboxylic acids is 1. The third kappa shape index (κ3) is 5.16. The van der Waals surface area contributed by atoms with Crippen molar-refractivity contribution in [2.45, 2.75) is 0 Å². The van der Waals surface area contributed by atoms with Crippen LogP contribution in [-0.4, -0.2) is 22.0 Å². The van der Waals surface area contributed by atoms with Crippen molar-refractivity contribution in [3.05, 3.63) is 0 Å². The lowest BCUT2D eigenvalue weighted by atomic mass is 10.8. The van der Waals surface area contributed by atoms with Crippen LogP contribution >= 0.6 is 7.82 Å². The Morgan fingerprint density at radius 2 is 2.11 bits per heavy atom. The van der Waals surface area contributed by atoms with Gasteiger partial charge in [0.25, 0.3) is 0 Å². The van der Waals surface area contributed by atoms with E-state index in [2.05, 4.69) is 4.52 Å². The van der Waals surface area contributed by atoms with Crippen LogP contribution in [0.25, 0.3) is 0 Å². The van der Waals surface area contributed by atoms with Crippen molar-refractivity contribution in [2.24, 2.45) is 0 Å². The minimum atomic E-state index is -4.74. The highest BCUT2D eigenvalue weighted by Crippen LogP contribution is 2.35. The molecule has 0 aromatic carbocycles. The molecule has 0 amide bonds. The topological polar surface area (TPSA) is 108 Å². The summed E-state index contributed by atoms with van der Waals surface area (Å²) < 4.78 is 13.1. The molecule has 0 spiro atoms. The zero-order chi connectivity index (χ0) is 7.49. The minimum Gasteiger partial charge on any atom is -0.366 e. The molecule has 52 valence electrons. The molecule has 0 bridgehead atoms. The van der Waals surface area contributed by atoms with Crippen LogP contribution in [0.2, 0.25) is 0 Å². The van der Waals surface area contributed by atoms with Crippen molar-refractivity contribution < 1.29 is 23.7 Å². The number of hydrogen-bond donors (Lipinski definition) is 3. The summed E-state index contributed by atoms with van der Waals surface area (Å²) >= 11 is 0. The fourth-order valence-electron chi connectivity index (χ4n) is 0.144. The highest BCUT2D eigenvalue weighted by atomic mass is 31.2. The molecule has 0 aromatic heterocycles. The second-order valence-electron chi connectivity index (χ2n) is 1.05. The van der Waals surface area contributed by atoms with Crippen molar-refractivity contribution in [3.8, 4) is 0 Å². The molecule has 0 aliphatic carbocycles. The van der Waals surface area contributed by atoms with Gasteiger partial charge in [-0.1, -0.05) is 0 Å². The molecule has 0 aromatic rings. The quantitative estimate of drug-likeness (QED) is 0.358. The number of rotatable bonds is 2. The predicted octanol–water partition coefficient (Wildman–Crippen LogP) is -0.728. The van der Waals surface area contributed by atoms with Crippen LogP contribution in [0.1, 0.15) is 0 Å². The normalized spacial score (nSPS) is 10.4. The maximum atomic E-state index is 9.87. The molecule has 0 fully saturated rings. The molecule has 0 radical (unpaired) electrons. The first-order chi connectivity index (χ1) is 3.95. The summed E-state index contributed by atoms with van der Waals surface area (Å²) in [4.78, 5) is 25.6. The van der Waals surface area contributed by atoms with Crippen molar-refractivity contribution in [1.29, 1.82) is 5.41 Å². The molecule has 0 aliphatic heterocycles. The summed E-state index contributed by atoms with van der Waals surface area (Å²) in [6.45, 7) is 0. The molecular weight excluding hydrogens is 149 g/mol. The average Bonchev–Trinajstić information content (AvgIpc) is 1.62. The summed E-state index contributed by atoms with van der Waals surface area (Å²) in [5.41, 5.74) is 0. The van der Waals surface area contributed by atoms with Crippen LogP contribution in [-0.2, 0) is 13.9 Å². The molecule has 3 N–H and O–H groups in total.